The van der Waals surface area contributed by atoms with E-state index in [-0.39, 0.29) is 16.7 Å². The minimum atomic E-state index is -3.57. The van der Waals surface area contributed by atoms with E-state index in [9.17, 15) is 18.0 Å². The summed E-state index contributed by atoms with van der Waals surface area (Å²) in [5.74, 6) is -0.519. The third-order valence-corrected chi connectivity index (χ3v) is 8.94. The van der Waals surface area contributed by atoms with E-state index in [1.54, 1.807) is 17.0 Å². The van der Waals surface area contributed by atoms with Crippen LogP contribution in [0.3, 0.4) is 0 Å². The maximum Gasteiger partial charge on any atom is 0.247 e. The first-order valence-corrected chi connectivity index (χ1v) is 12.7. The number of nitrogens with one attached hydrogen (secondary N) is 1. The Morgan fingerprint density at radius 3 is 2.28 bits per heavy atom. The Balaban J connectivity index is 1.53. The van der Waals surface area contributed by atoms with Crippen molar-refractivity contribution >= 4 is 39.3 Å². The van der Waals surface area contributed by atoms with Gasteiger partial charge in [0.1, 0.15) is 0 Å². The van der Waals surface area contributed by atoms with Gasteiger partial charge in [-0.15, -0.1) is 11.8 Å². The molecule has 0 unspecified atom stereocenters. The SMILES string of the molecule is O=C1Nc2cc(S(=O)(=O)N3CCCCC3)ccc2S[C@H]1C(=O)N1CCCCCC1. The van der Waals surface area contributed by atoms with Gasteiger partial charge in [0.25, 0.3) is 0 Å². The van der Waals surface area contributed by atoms with Crippen LogP contribution in [0.1, 0.15) is 44.9 Å². The van der Waals surface area contributed by atoms with Gasteiger partial charge in [0.2, 0.25) is 21.8 Å². The van der Waals surface area contributed by atoms with Gasteiger partial charge in [0.15, 0.2) is 5.25 Å². The molecule has 2 saturated heterocycles. The summed E-state index contributed by atoms with van der Waals surface area (Å²) in [5, 5.41) is 1.96. The molecule has 0 saturated carbocycles. The molecule has 0 aromatic heterocycles. The van der Waals surface area contributed by atoms with E-state index in [1.165, 1.54) is 22.1 Å². The highest BCUT2D eigenvalue weighted by atomic mass is 32.2. The van der Waals surface area contributed by atoms with Crippen molar-refractivity contribution in [1.29, 1.82) is 0 Å². The molecule has 0 aliphatic carbocycles. The predicted molar refractivity (Wildman–Crippen MR) is 112 cm³/mol. The Bertz CT molecular complexity index is 889. The average Bonchev–Trinajstić information content (AvgIpc) is 3.02. The standard InChI is InChI=1S/C20H27N3O4S2/c24-19-18(20(25)22-10-4-1-2-5-11-22)28-17-9-8-15(14-16(17)21-19)29(26,27)23-12-6-3-7-13-23/h8-9,14,18H,1-7,10-13H2,(H,21,24)/t18-/m1/s1. The van der Waals surface area contributed by atoms with Crippen molar-refractivity contribution in [3.05, 3.63) is 18.2 Å². The third-order valence-electron chi connectivity index (χ3n) is 5.79. The van der Waals surface area contributed by atoms with Crippen molar-refractivity contribution in [3.63, 3.8) is 0 Å². The van der Waals surface area contributed by atoms with Crippen LogP contribution in [0.15, 0.2) is 28.0 Å². The number of amides is 2. The molecule has 4 rings (SSSR count). The minimum Gasteiger partial charge on any atom is -0.341 e. The van der Waals surface area contributed by atoms with Crippen LogP contribution in [-0.2, 0) is 19.6 Å². The summed E-state index contributed by atoms with van der Waals surface area (Å²) in [5.41, 5.74) is 0.470. The van der Waals surface area contributed by atoms with Crippen LogP contribution in [0.2, 0.25) is 0 Å². The molecule has 158 valence electrons. The summed E-state index contributed by atoms with van der Waals surface area (Å²) in [4.78, 5) is 28.3. The second kappa shape index (κ2) is 8.65. The molecule has 0 bridgehead atoms. The highest BCUT2D eigenvalue weighted by molar-refractivity contribution is 8.01. The van der Waals surface area contributed by atoms with Gasteiger partial charge >= 0.3 is 0 Å². The lowest BCUT2D eigenvalue weighted by molar-refractivity contribution is -0.133. The lowest BCUT2D eigenvalue weighted by atomic mass is 10.2. The molecule has 0 spiro atoms. The number of nitrogens with zero attached hydrogens (tertiary/aromatic N) is 2. The predicted octanol–water partition coefficient (Wildman–Crippen LogP) is 2.68. The fraction of sp³-hybridized carbons (Fsp3) is 0.600. The van der Waals surface area contributed by atoms with Crippen molar-refractivity contribution < 1.29 is 18.0 Å². The second-order valence-electron chi connectivity index (χ2n) is 7.85. The van der Waals surface area contributed by atoms with E-state index < -0.39 is 15.3 Å². The van der Waals surface area contributed by atoms with Gasteiger partial charge in [-0.3, -0.25) is 9.59 Å². The van der Waals surface area contributed by atoms with E-state index >= 15 is 0 Å². The number of sulfonamides is 1. The summed E-state index contributed by atoms with van der Waals surface area (Å²) in [6, 6.07) is 4.82. The van der Waals surface area contributed by atoms with Crippen LogP contribution in [0.5, 0.6) is 0 Å². The normalized spacial score (nSPS) is 23.8. The van der Waals surface area contributed by atoms with Crippen molar-refractivity contribution in [1.82, 2.24) is 9.21 Å². The van der Waals surface area contributed by atoms with Crippen LogP contribution in [0, 0.1) is 0 Å². The number of hydrogen-bond acceptors (Lipinski definition) is 5. The largest absolute Gasteiger partial charge is 0.341 e. The number of hydrogen-bond donors (Lipinski definition) is 1. The molecule has 2 amide bonds. The van der Waals surface area contributed by atoms with Crippen LogP contribution in [0.4, 0.5) is 5.69 Å². The lowest BCUT2D eigenvalue weighted by Crippen LogP contribution is -2.45. The number of fused-ring (bicyclic) bond motifs is 1. The van der Waals surface area contributed by atoms with Gasteiger partial charge in [-0.1, -0.05) is 19.3 Å². The Kier molecular flexibility index (Phi) is 6.17. The Labute approximate surface area is 176 Å². The summed E-state index contributed by atoms with van der Waals surface area (Å²) >= 11 is 1.22. The first-order valence-electron chi connectivity index (χ1n) is 10.4. The monoisotopic (exact) mass is 437 g/mol. The van der Waals surface area contributed by atoms with Crippen LogP contribution in [-0.4, -0.2) is 60.9 Å². The molecular formula is C20H27N3O4S2. The molecule has 3 aliphatic rings. The zero-order valence-electron chi connectivity index (χ0n) is 16.4. The van der Waals surface area contributed by atoms with Gasteiger partial charge < -0.3 is 10.2 Å². The van der Waals surface area contributed by atoms with Crippen LogP contribution in [0.25, 0.3) is 0 Å². The van der Waals surface area contributed by atoms with Gasteiger partial charge in [-0.05, 0) is 43.9 Å². The fourth-order valence-electron chi connectivity index (χ4n) is 4.12. The average molecular weight is 438 g/mol. The lowest BCUT2D eigenvalue weighted by Gasteiger charge is -2.29. The number of carbonyl (C=O) groups excluding carboxylic acids is 2. The Hall–Kier alpha value is -1.58. The zero-order chi connectivity index (χ0) is 20.4. The Morgan fingerprint density at radius 1 is 0.966 bits per heavy atom. The number of benzene rings is 1. The van der Waals surface area contributed by atoms with E-state index in [1.807, 2.05) is 0 Å². The molecule has 9 heteroatoms. The third kappa shape index (κ3) is 4.32. The van der Waals surface area contributed by atoms with E-state index in [0.717, 1.165) is 49.8 Å². The van der Waals surface area contributed by atoms with E-state index in [0.29, 0.717) is 31.9 Å². The van der Waals surface area contributed by atoms with Gasteiger partial charge in [0, 0.05) is 31.1 Å². The summed E-state index contributed by atoms with van der Waals surface area (Å²) < 4.78 is 27.3. The fourth-order valence-corrected chi connectivity index (χ4v) is 6.72. The number of thioether (sulfide) groups is 1. The molecular weight excluding hydrogens is 410 g/mol. The van der Waals surface area contributed by atoms with Crippen molar-refractivity contribution in [2.75, 3.05) is 31.5 Å². The Morgan fingerprint density at radius 2 is 1.59 bits per heavy atom. The van der Waals surface area contributed by atoms with Crippen LogP contribution >= 0.6 is 11.8 Å². The van der Waals surface area contributed by atoms with Gasteiger partial charge in [-0.25, -0.2) is 8.42 Å². The molecule has 1 aromatic rings. The number of anilines is 1. The summed E-state index contributed by atoms with van der Waals surface area (Å²) in [6.07, 6.45) is 6.97. The highest BCUT2D eigenvalue weighted by Gasteiger charge is 2.37. The van der Waals surface area contributed by atoms with Crippen molar-refractivity contribution in [3.8, 4) is 0 Å². The quantitative estimate of drug-likeness (QED) is 0.735. The van der Waals surface area contributed by atoms with Crippen LogP contribution < -0.4 is 5.32 Å². The smallest absolute Gasteiger partial charge is 0.247 e. The minimum absolute atomic E-state index is 0.148. The van der Waals surface area contributed by atoms with Crippen molar-refractivity contribution in [2.24, 2.45) is 0 Å². The summed E-state index contributed by atoms with van der Waals surface area (Å²) in [6.45, 7) is 2.46. The molecule has 3 aliphatic heterocycles. The molecule has 1 atom stereocenters. The molecule has 1 aromatic carbocycles. The van der Waals surface area contributed by atoms with Gasteiger partial charge in [-0.2, -0.15) is 4.31 Å². The summed E-state index contributed by atoms with van der Waals surface area (Å²) in [7, 11) is -3.57. The number of piperidine rings is 1. The maximum absolute atomic E-state index is 12.9. The maximum atomic E-state index is 12.9. The van der Waals surface area contributed by atoms with Gasteiger partial charge in [0.05, 0.1) is 10.6 Å². The molecule has 29 heavy (non-hydrogen) atoms. The topological polar surface area (TPSA) is 86.8 Å². The molecule has 7 nitrogen and oxygen atoms in total. The number of carbonyl (C=O) groups is 2. The second-order valence-corrected chi connectivity index (χ2v) is 10.9. The van der Waals surface area contributed by atoms with Crippen molar-refractivity contribution in [2.45, 2.75) is 60.0 Å². The number of likely N-dealkylation sites (tertiary alicyclic amines) is 1. The molecule has 3 heterocycles. The molecule has 1 N–H and O–H groups in total. The molecule has 2 fully saturated rings. The number of rotatable bonds is 3. The van der Waals surface area contributed by atoms with E-state index in [2.05, 4.69) is 5.32 Å². The first kappa shape index (κ1) is 20.7. The highest BCUT2D eigenvalue weighted by Crippen LogP contribution is 2.38. The zero-order valence-corrected chi connectivity index (χ0v) is 18.1. The first-order chi connectivity index (χ1) is 14.0. The molecule has 0 radical (unpaired) electrons. The van der Waals surface area contributed by atoms with E-state index in [4.69, 9.17) is 0 Å².